The molecule has 0 atom stereocenters. The zero-order valence-electron chi connectivity index (χ0n) is 14.7. The molecule has 0 aliphatic rings. The van der Waals surface area contributed by atoms with Crippen LogP contribution in [-0.2, 0) is 26.2 Å². The van der Waals surface area contributed by atoms with Crippen LogP contribution in [-0.4, -0.2) is 19.0 Å². The van der Waals surface area contributed by atoms with Gasteiger partial charge in [-0.1, -0.05) is 53.5 Å². The van der Waals surface area contributed by atoms with Crippen LogP contribution in [0.4, 0.5) is 0 Å². The molecule has 0 unspecified atom stereocenters. The van der Waals surface area contributed by atoms with Gasteiger partial charge in [-0.3, -0.25) is 9.36 Å². The summed E-state index contributed by atoms with van der Waals surface area (Å²) in [4.78, 5) is 12.5. The molecule has 0 saturated carbocycles. The van der Waals surface area contributed by atoms with E-state index in [2.05, 4.69) is 0 Å². The smallest absolute Gasteiger partial charge is 0.309 e. The molecule has 2 aromatic rings. The standard InChI is InChI=1S/C19H21Cl2O4P/c1-3-24-26(23,25-4-2)13-14-5-7-15(8-6-14)19(22)11-16-9-10-17(20)12-18(16)21/h5-10,12H,3-4,11,13H2,1-2H3. The third kappa shape index (κ3) is 5.94. The third-order valence-corrected chi connectivity index (χ3v) is 6.31. The summed E-state index contributed by atoms with van der Waals surface area (Å²) >= 11 is 12.0. The number of Topliss-reactive ketones (excluding diaryl/α,β-unsaturated/α-hetero) is 1. The zero-order chi connectivity index (χ0) is 19.2. The summed E-state index contributed by atoms with van der Waals surface area (Å²) in [5.41, 5.74) is 2.07. The van der Waals surface area contributed by atoms with E-state index >= 15 is 0 Å². The van der Waals surface area contributed by atoms with Gasteiger partial charge in [-0.05, 0) is 37.1 Å². The van der Waals surface area contributed by atoms with Crippen molar-refractivity contribution in [2.75, 3.05) is 13.2 Å². The molecule has 2 rings (SSSR count). The van der Waals surface area contributed by atoms with Crippen LogP contribution in [0.3, 0.4) is 0 Å². The van der Waals surface area contributed by atoms with Gasteiger partial charge < -0.3 is 9.05 Å². The molecule has 140 valence electrons. The SMILES string of the molecule is CCOP(=O)(Cc1ccc(C(=O)Cc2ccc(Cl)cc2Cl)cc1)OCC. The normalized spacial score (nSPS) is 11.5. The van der Waals surface area contributed by atoms with E-state index in [1.165, 1.54) is 0 Å². The number of hydrogen-bond acceptors (Lipinski definition) is 4. The lowest BCUT2D eigenvalue weighted by molar-refractivity contribution is 0.0993. The van der Waals surface area contributed by atoms with Crippen LogP contribution >= 0.6 is 30.8 Å². The van der Waals surface area contributed by atoms with E-state index in [0.717, 1.165) is 11.1 Å². The summed E-state index contributed by atoms with van der Waals surface area (Å²) in [6.07, 6.45) is 0.359. The van der Waals surface area contributed by atoms with Crippen molar-refractivity contribution in [3.8, 4) is 0 Å². The van der Waals surface area contributed by atoms with Gasteiger partial charge in [-0.25, -0.2) is 0 Å². The lowest BCUT2D eigenvalue weighted by Gasteiger charge is -2.17. The summed E-state index contributed by atoms with van der Waals surface area (Å²) in [6, 6.07) is 12.0. The predicted octanol–water partition coefficient (Wildman–Crippen LogP) is 6.18. The molecular weight excluding hydrogens is 394 g/mol. The largest absolute Gasteiger partial charge is 0.335 e. The van der Waals surface area contributed by atoms with Crippen LogP contribution in [0.5, 0.6) is 0 Å². The molecule has 0 aromatic heterocycles. The lowest BCUT2D eigenvalue weighted by Crippen LogP contribution is -2.04. The molecule has 0 spiro atoms. The zero-order valence-corrected chi connectivity index (χ0v) is 17.1. The number of halogens is 2. The summed E-state index contributed by atoms with van der Waals surface area (Å²) < 4.78 is 23.2. The second-order valence-electron chi connectivity index (χ2n) is 5.64. The summed E-state index contributed by atoms with van der Waals surface area (Å²) in [5.74, 6) is -0.0569. The molecule has 0 heterocycles. The van der Waals surface area contributed by atoms with Crippen LogP contribution in [0.25, 0.3) is 0 Å². The Labute approximate surface area is 164 Å². The maximum Gasteiger partial charge on any atom is 0.335 e. The number of carbonyl (C=O) groups excluding carboxylic acids is 1. The van der Waals surface area contributed by atoms with E-state index in [0.29, 0.717) is 28.8 Å². The van der Waals surface area contributed by atoms with Crippen molar-refractivity contribution in [2.24, 2.45) is 0 Å². The molecular formula is C19H21Cl2O4P. The Balaban J connectivity index is 2.08. The average molecular weight is 415 g/mol. The van der Waals surface area contributed by atoms with Crippen molar-refractivity contribution in [2.45, 2.75) is 26.4 Å². The average Bonchev–Trinajstić information content (AvgIpc) is 2.58. The highest BCUT2D eigenvalue weighted by Crippen LogP contribution is 2.51. The summed E-state index contributed by atoms with van der Waals surface area (Å²) in [5, 5.41) is 1.00. The maximum absolute atomic E-state index is 12.6. The minimum absolute atomic E-state index is 0.0569. The number of rotatable bonds is 9. The fraction of sp³-hybridized carbons (Fsp3) is 0.316. The quantitative estimate of drug-likeness (QED) is 0.362. The van der Waals surface area contributed by atoms with Gasteiger partial charge in [0.2, 0.25) is 0 Å². The van der Waals surface area contributed by atoms with Gasteiger partial charge in [0.05, 0.1) is 19.4 Å². The Morgan fingerprint density at radius 2 is 1.62 bits per heavy atom. The number of benzene rings is 2. The second kappa shape index (κ2) is 9.68. The first kappa shape index (κ1) is 21.1. The maximum atomic E-state index is 12.6. The van der Waals surface area contributed by atoms with Gasteiger partial charge in [0, 0.05) is 22.0 Å². The first-order valence-corrected chi connectivity index (χ1v) is 10.8. The molecule has 7 heteroatoms. The summed E-state index contributed by atoms with van der Waals surface area (Å²) in [7, 11) is -3.16. The van der Waals surface area contributed by atoms with Crippen molar-refractivity contribution in [3.05, 3.63) is 69.2 Å². The Kier molecular flexibility index (Phi) is 7.87. The van der Waals surface area contributed by atoms with Gasteiger partial charge in [-0.15, -0.1) is 0 Å². The van der Waals surface area contributed by atoms with E-state index < -0.39 is 7.60 Å². The van der Waals surface area contributed by atoms with Crippen LogP contribution in [0, 0.1) is 0 Å². The van der Waals surface area contributed by atoms with Crippen LogP contribution in [0.1, 0.15) is 35.3 Å². The molecule has 0 aliphatic carbocycles. The molecule has 0 N–H and O–H groups in total. The topological polar surface area (TPSA) is 52.6 Å². The monoisotopic (exact) mass is 414 g/mol. The van der Waals surface area contributed by atoms with Gasteiger partial charge in [0.1, 0.15) is 0 Å². The highest BCUT2D eigenvalue weighted by molar-refractivity contribution is 7.53. The van der Waals surface area contributed by atoms with E-state index in [9.17, 15) is 9.36 Å². The van der Waals surface area contributed by atoms with Crippen molar-refractivity contribution in [3.63, 3.8) is 0 Å². The van der Waals surface area contributed by atoms with Crippen molar-refractivity contribution in [1.82, 2.24) is 0 Å². The Hall–Kier alpha value is -1.16. The number of hydrogen-bond donors (Lipinski definition) is 0. The highest BCUT2D eigenvalue weighted by atomic mass is 35.5. The van der Waals surface area contributed by atoms with E-state index in [-0.39, 0.29) is 18.4 Å². The molecule has 0 fully saturated rings. The van der Waals surface area contributed by atoms with Crippen LogP contribution in [0.2, 0.25) is 10.0 Å². The first-order valence-electron chi connectivity index (χ1n) is 8.31. The Bertz CT molecular complexity index is 796. The van der Waals surface area contributed by atoms with Gasteiger partial charge in [0.25, 0.3) is 0 Å². The molecule has 2 aromatic carbocycles. The molecule has 0 radical (unpaired) electrons. The van der Waals surface area contributed by atoms with Crippen molar-refractivity contribution >= 4 is 36.6 Å². The molecule has 0 aliphatic heterocycles. The Morgan fingerprint density at radius 3 is 2.15 bits per heavy atom. The summed E-state index contributed by atoms with van der Waals surface area (Å²) in [6.45, 7) is 4.18. The van der Waals surface area contributed by atoms with Gasteiger partial charge >= 0.3 is 7.60 Å². The minimum atomic E-state index is -3.16. The molecule has 4 nitrogen and oxygen atoms in total. The second-order valence-corrected chi connectivity index (χ2v) is 8.54. The van der Waals surface area contributed by atoms with Crippen LogP contribution in [0.15, 0.2) is 42.5 Å². The van der Waals surface area contributed by atoms with Crippen molar-refractivity contribution in [1.29, 1.82) is 0 Å². The fourth-order valence-electron chi connectivity index (χ4n) is 2.48. The fourth-order valence-corrected chi connectivity index (χ4v) is 4.66. The molecule has 0 bridgehead atoms. The van der Waals surface area contributed by atoms with E-state index in [4.69, 9.17) is 32.2 Å². The highest BCUT2D eigenvalue weighted by Gasteiger charge is 2.24. The Morgan fingerprint density at radius 1 is 1.00 bits per heavy atom. The van der Waals surface area contributed by atoms with E-state index in [1.807, 2.05) is 0 Å². The molecule has 0 saturated heterocycles. The van der Waals surface area contributed by atoms with Gasteiger partial charge in [-0.2, -0.15) is 0 Å². The van der Waals surface area contributed by atoms with Crippen molar-refractivity contribution < 1.29 is 18.4 Å². The van der Waals surface area contributed by atoms with E-state index in [1.54, 1.807) is 56.3 Å². The molecule has 0 amide bonds. The first-order chi connectivity index (χ1) is 12.4. The minimum Gasteiger partial charge on any atom is -0.309 e. The third-order valence-electron chi connectivity index (χ3n) is 3.67. The predicted molar refractivity (Wildman–Crippen MR) is 106 cm³/mol. The van der Waals surface area contributed by atoms with Gasteiger partial charge in [0.15, 0.2) is 5.78 Å². The number of carbonyl (C=O) groups is 1. The van der Waals surface area contributed by atoms with Crippen LogP contribution < -0.4 is 0 Å². The lowest BCUT2D eigenvalue weighted by atomic mass is 10.0. The number of ketones is 1. The molecule has 26 heavy (non-hydrogen) atoms.